The van der Waals surface area contributed by atoms with E-state index in [1.807, 2.05) is 12.1 Å². The Balaban J connectivity index is 1.30. The number of nitrogens with one attached hydrogen (secondary N) is 2. The van der Waals surface area contributed by atoms with Gasteiger partial charge in [-0.2, -0.15) is 0 Å². The predicted octanol–water partition coefficient (Wildman–Crippen LogP) is 2.34. The van der Waals surface area contributed by atoms with Crippen LogP contribution in [0.25, 0.3) is 0 Å². The number of nitrogens with zero attached hydrogens (tertiary/aromatic N) is 1. The average Bonchev–Trinajstić information content (AvgIpc) is 2.69. The Morgan fingerprint density at radius 1 is 0.931 bits per heavy atom. The van der Waals surface area contributed by atoms with E-state index in [9.17, 15) is 14.4 Å². The average molecular weight is 398 g/mol. The summed E-state index contributed by atoms with van der Waals surface area (Å²) in [5, 5.41) is 5.79. The highest BCUT2D eigenvalue weighted by molar-refractivity contribution is 5.96. The summed E-state index contributed by atoms with van der Waals surface area (Å²) in [4.78, 5) is 38.2. The fourth-order valence-corrected chi connectivity index (χ4v) is 5.95. The minimum atomic E-state index is -0.274. The molecule has 156 valence electrons. The van der Waals surface area contributed by atoms with Gasteiger partial charge in [0.2, 0.25) is 11.8 Å². The third kappa shape index (κ3) is 4.16. The van der Waals surface area contributed by atoms with Crippen LogP contribution in [-0.4, -0.2) is 43.3 Å². The monoisotopic (exact) mass is 397 g/mol. The minimum absolute atomic E-state index is 0.0191. The molecule has 4 aliphatic rings. The van der Waals surface area contributed by atoms with Crippen molar-refractivity contribution in [1.82, 2.24) is 15.5 Å². The molecule has 1 aromatic rings. The predicted molar refractivity (Wildman–Crippen MR) is 110 cm³/mol. The minimum Gasteiger partial charge on any atom is -0.352 e. The van der Waals surface area contributed by atoms with Crippen molar-refractivity contribution in [3.8, 4) is 0 Å². The standard InChI is InChI=1S/C23H31N3O3/c1-26(2)20(27)14-24-21(28)19-5-3-15(4-6-19)13-25-22(29)23-10-16-7-17(11-23)9-18(8-16)12-23/h3-6,16-18H,7-14H2,1-2H3,(H,24,28)(H,25,29). The summed E-state index contributed by atoms with van der Waals surface area (Å²) >= 11 is 0. The second-order valence-corrected chi connectivity index (χ2v) is 9.55. The molecule has 4 saturated carbocycles. The number of carbonyl (C=O) groups is 3. The highest BCUT2D eigenvalue weighted by Gasteiger charge is 2.54. The Kier molecular flexibility index (Phi) is 5.36. The normalized spacial score (nSPS) is 29.4. The van der Waals surface area contributed by atoms with Gasteiger partial charge in [0.05, 0.1) is 6.54 Å². The number of hydrogen-bond donors (Lipinski definition) is 2. The molecule has 3 amide bonds. The van der Waals surface area contributed by atoms with Crippen LogP contribution in [-0.2, 0) is 16.1 Å². The first-order valence-electron chi connectivity index (χ1n) is 10.7. The number of amides is 3. The van der Waals surface area contributed by atoms with Gasteiger partial charge in [-0.15, -0.1) is 0 Å². The maximum atomic E-state index is 13.0. The van der Waals surface area contributed by atoms with Crippen LogP contribution in [0.2, 0.25) is 0 Å². The van der Waals surface area contributed by atoms with Crippen LogP contribution >= 0.6 is 0 Å². The quantitative estimate of drug-likeness (QED) is 0.773. The van der Waals surface area contributed by atoms with E-state index in [2.05, 4.69) is 10.6 Å². The molecule has 0 saturated heterocycles. The van der Waals surface area contributed by atoms with Crippen molar-refractivity contribution in [3.05, 3.63) is 35.4 Å². The smallest absolute Gasteiger partial charge is 0.251 e. The van der Waals surface area contributed by atoms with Gasteiger partial charge in [-0.05, 0) is 74.0 Å². The molecule has 0 unspecified atom stereocenters. The van der Waals surface area contributed by atoms with Gasteiger partial charge in [-0.1, -0.05) is 12.1 Å². The van der Waals surface area contributed by atoms with Crippen molar-refractivity contribution < 1.29 is 14.4 Å². The van der Waals surface area contributed by atoms with Crippen LogP contribution in [0.3, 0.4) is 0 Å². The molecule has 5 rings (SSSR count). The topological polar surface area (TPSA) is 78.5 Å². The van der Waals surface area contributed by atoms with Crippen LogP contribution in [0.1, 0.15) is 54.4 Å². The van der Waals surface area contributed by atoms with Gasteiger partial charge in [0.15, 0.2) is 0 Å². The molecule has 0 radical (unpaired) electrons. The van der Waals surface area contributed by atoms with Crippen molar-refractivity contribution in [2.45, 2.75) is 45.1 Å². The molecule has 0 spiro atoms. The van der Waals surface area contributed by atoms with E-state index in [-0.39, 0.29) is 29.7 Å². The molecule has 0 aromatic heterocycles. The Hall–Kier alpha value is -2.37. The highest BCUT2D eigenvalue weighted by atomic mass is 16.2. The molecule has 6 heteroatoms. The van der Waals surface area contributed by atoms with Crippen molar-refractivity contribution in [3.63, 3.8) is 0 Å². The van der Waals surface area contributed by atoms with Gasteiger partial charge in [0, 0.05) is 31.6 Å². The summed E-state index contributed by atoms with van der Waals surface area (Å²) in [6.07, 6.45) is 7.18. The maximum absolute atomic E-state index is 13.0. The fourth-order valence-electron chi connectivity index (χ4n) is 5.95. The summed E-state index contributed by atoms with van der Waals surface area (Å²) in [6.45, 7) is 0.469. The molecule has 6 nitrogen and oxygen atoms in total. The fraction of sp³-hybridized carbons (Fsp3) is 0.609. The Bertz CT molecular complexity index is 765. The first-order valence-corrected chi connectivity index (χ1v) is 10.7. The molecule has 0 aliphatic heterocycles. The second-order valence-electron chi connectivity index (χ2n) is 9.55. The van der Waals surface area contributed by atoms with Crippen LogP contribution < -0.4 is 10.6 Å². The maximum Gasteiger partial charge on any atom is 0.251 e. The summed E-state index contributed by atoms with van der Waals surface area (Å²) < 4.78 is 0. The van der Waals surface area contributed by atoms with E-state index >= 15 is 0 Å². The highest BCUT2D eigenvalue weighted by Crippen LogP contribution is 2.60. The van der Waals surface area contributed by atoms with Gasteiger partial charge in [0.1, 0.15) is 0 Å². The summed E-state index contributed by atoms with van der Waals surface area (Å²) in [5.74, 6) is 2.06. The Morgan fingerprint density at radius 2 is 1.48 bits per heavy atom. The molecule has 4 bridgehead atoms. The first-order chi connectivity index (χ1) is 13.8. The molecule has 29 heavy (non-hydrogen) atoms. The molecule has 0 heterocycles. The number of likely N-dealkylation sites (N-methyl/N-ethyl adjacent to an activating group) is 1. The van der Waals surface area contributed by atoms with Gasteiger partial charge in [-0.3, -0.25) is 14.4 Å². The van der Waals surface area contributed by atoms with E-state index in [1.54, 1.807) is 26.2 Å². The number of carbonyl (C=O) groups excluding carboxylic acids is 3. The van der Waals surface area contributed by atoms with Crippen LogP contribution in [0.5, 0.6) is 0 Å². The van der Waals surface area contributed by atoms with Gasteiger partial charge >= 0.3 is 0 Å². The van der Waals surface area contributed by atoms with Crippen molar-refractivity contribution in [1.29, 1.82) is 0 Å². The Labute approximate surface area is 172 Å². The van der Waals surface area contributed by atoms with E-state index in [0.717, 1.165) is 42.6 Å². The summed E-state index contributed by atoms with van der Waals surface area (Å²) in [6, 6.07) is 7.20. The van der Waals surface area contributed by atoms with Crippen LogP contribution in [0.15, 0.2) is 24.3 Å². The van der Waals surface area contributed by atoms with E-state index in [0.29, 0.717) is 12.1 Å². The zero-order valence-electron chi connectivity index (χ0n) is 17.4. The molecule has 4 fully saturated rings. The van der Waals surface area contributed by atoms with Crippen molar-refractivity contribution in [2.24, 2.45) is 23.2 Å². The molecule has 0 atom stereocenters. The van der Waals surface area contributed by atoms with Crippen LogP contribution in [0.4, 0.5) is 0 Å². The van der Waals surface area contributed by atoms with Gasteiger partial charge in [-0.25, -0.2) is 0 Å². The molecular formula is C23H31N3O3. The first kappa shape index (κ1) is 19.9. The van der Waals surface area contributed by atoms with Gasteiger partial charge in [0.25, 0.3) is 5.91 Å². The third-order valence-corrected chi connectivity index (χ3v) is 7.09. The van der Waals surface area contributed by atoms with E-state index < -0.39 is 0 Å². The molecule has 2 N–H and O–H groups in total. The Morgan fingerprint density at radius 3 is 2.00 bits per heavy atom. The number of benzene rings is 1. The lowest BCUT2D eigenvalue weighted by Gasteiger charge is -2.55. The van der Waals surface area contributed by atoms with Crippen LogP contribution in [0, 0.1) is 23.2 Å². The zero-order chi connectivity index (χ0) is 20.6. The lowest BCUT2D eigenvalue weighted by molar-refractivity contribution is -0.146. The van der Waals surface area contributed by atoms with E-state index in [4.69, 9.17) is 0 Å². The summed E-state index contributed by atoms with van der Waals surface area (Å²) in [7, 11) is 3.31. The lowest BCUT2D eigenvalue weighted by Crippen LogP contribution is -2.53. The largest absolute Gasteiger partial charge is 0.352 e. The molecule has 4 aliphatic carbocycles. The number of hydrogen-bond acceptors (Lipinski definition) is 3. The van der Waals surface area contributed by atoms with E-state index in [1.165, 1.54) is 24.2 Å². The second kappa shape index (κ2) is 7.81. The van der Waals surface area contributed by atoms with Crippen molar-refractivity contribution in [2.75, 3.05) is 20.6 Å². The SMILES string of the molecule is CN(C)C(=O)CNC(=O)c1ccc(CNC(=O)C23CC4CC(CC(C4)C2)C3)cc1. The van der Waals surface area contributed by atoms with Gasteiger partial charge < -0.3 is 15.5 Å². The summed E-state index contributed by atoms with van der Waals surface area (Å²) in [5.41, 5.74) is 1.35. The number of rotatable bonds is 6. The third-order valence-electron chi connectivity index (χ3n) is 7.09. The molecule has 1 aromatic carbocycles. The zero-order valence-corrected chi connectivity index (χ0v) is 17.4. The molecular weight excluding hydrogens is 366 g/mol. The lowest BCUT2D eigenvalue weighted by atomic mass is 9.49. The van der Waals surface area contributed by atoms with Crippen molar-refractivity contribution >= 4 is 17.7 Å².